The summed E-state index contributed by atoms with van der Waals surface area (Å²) in [5.74, 6) is 2.52. The van der Waals surface area contributed by atoms with Gasteiger partial charge in [0.2, 0.25) is 0 Å². The van der Waals surface area contributed by atoms with Crippen molar-refractivity contribution < 1.29 is 14.2 Å². The molecule has 0 saturated heterocycles. The smallest absolute Gasteiger partial charge is 0.119 e. The van der Waals surface area contributed by atoms with E-state index in [1.807, 2.05) is 0 Å². The van der Waals surface area contributed by atoms with Gasteiger partial charge in [-0.2, -0.15) is 0 Å². The van der Waals surface area contributed by atoms with E-state index >= 15 is 0 Å². The van der Waals surface area contributed by atoms with E-state index in [9.17, 15) is 0 Å². The largest absolute Gasteiger partial charge is 0.497 e. The average Bonchev–Trinajstić information content (AvgIpc) is 3.17. The lowest BCUT2D eigenvalue weighted by Gasteiger charge is -2.22. The Bertz CT molecular complexity index is 2590. The summed E-state index contributed by atoms with van der Waals surface area (Å²) in [6, 6.07) is 50.1. The van der Waals surface area contributed by atoms with Gasteiger partial charge in [-0.25, -0.2) is 0 Å². The number of ether oxygens (including phenoxy) is 3. The second-order valence-electron chi connectivity index (χ2n) is 12.3. The summed E-state index contributed by atoms with van der Waals surface area (Å²) in [6.07, 6.45) is 0. The topological polar surface area (TPSA) is 27.7 Å². The Morgan fingerprint density at radius 1 is 0.312 bits per heavy atom. The first-order valence-corrected chi connectivity index (χ1v) is 16.2. The third-order valence-corrected chi connectivity index (χ3v) is 9.92. The minimum atomic E-state index is 0.826. The molecule has 0 N–H and O–H groups in total. The van der Waals surface area contributed by atoms with Crippen molar-refractivity contribution in [3.05, 3.63) is 140 Å². The van der Waals surface area contributed by atoms with Crippen molar-refractivity contribution in [2.75, 3.05) is 21.3 Å². The summed E-state index contributed by atoms with van der Waals surface area (Å²) in [5, 5.41) is 14.4. The molecule has 0 heterocycles. The van der Waals surface area contributed by atoms with Crippen LogP contribution in [0.4, 0.5) is 0 Å². The number of rotatable bonds is 5. The molecule has 3 heteroatoms. The highest BCUT2D eigenvalue weighted by molar-refractivity contribution is 6.38. The highest BCUT2D eigenvalue weighted by Crippen LogP contribution is 2.51. The average molecular weight is 621 g/mol. The normalized spacial score (nSPS) is 11.6. The van der Waals surface area contributed by atoms with Gasteiger partial charge in [0.05, 0.1) is 21.3 Å². The van der Waals surface area contributed by atoms with Crippen LogP contribution in [0.1, 0.15) is 0 Å². The molecular weight excluding hydrogens is 588 g/mol. The Balaban J connectivity index is 1.62. The lowest BCUT2D eigenvalue weighted by atomic mass is 9.81. The van der Waals surface area contributed by atoms with Gasteiger partial charge in [0.25, 0.3) is 0 Å². The lowest BCUT2D eigenvalue weighted by molar-refractivity contribution is 0.415. The van der Waals surface area contributed by atoms with Crippen molar-refractivity contribution in [1.82, 2.24) is 0 Å². The van der Waals surface area contributed by atoms with E-state index in [0.29, 0.717) is 0 Å². The minimum Gasteiger partial charge on any atom is -0.497 e. The van der Waals surface area contributed by atoms with Crippen LogP contribution < -0.4 is 14.2 Å². The van der Waals surface area contributed by atoms with Crippen LogP contribution in [0, 0.1) is 0 Å². The van der Waals surface area contributed by atoms with E-state index in [4.69, 9.17) is 14.2 Å². The SMILES string of the molecule is COc1ccc(-c2c3c4ccccc4c4cc(OC)ccc4c3cc3c4ccc(OC)cc4c4ccccc4c23)c(-c2ccccc2)c1. The van der Waals surface area contributed by atoms with Crippen LogP contribution in [-0.4, -0.2) is 21.3 Å². The first-order chi connectivity index (χ1) is 23.7. The molecule has 3 nitrogen and oxygen atoms in total. The van der Waals surface area contributed by atoms with Crippen LogP contribution in [0.2, 0.25) is 0 Å². The summed E-state index contributed by atoms with van der Waals surface area (Å²) < 4.78 is 17.3. The van der Waals surface area contributed by atoms with Crippen molar-refractivity contribution in [3.63, 3.8) is 0 Å². The molecule has 0 spiro atoms. The predicted molar refractivity (Wildman–Crippen MR) is 202 cm³/mol. The molecule has 0 aliphatic rings. The fourth-order valence-corrected chi connectivity index (χ4v) is 7.75. The van der Waals surface area contributed by atoms with E-state index in [0.717, 1.165) is 33.9 Å². The predicted octanol–water partition coefficient (Wildman–Crippen LogP) is 12.0. The van der Waals surface area contributed by atoms with Crippen molar-refractivity contribution >= 4 is 64.6 Å². The van der Waals surface area contributed by atoms with Gasteiger partial charge in [0.1, 0.15) is 17.2 Å². The summed E-state index contributed by atoms with van der Waals surface area (Å²) >= 11 is 0. The fourth-order valence-electron chi connectivity index (χ4n) is 7.75. The Morgan fingerprint density at radius 2 is 0.750 bits per heavy atom. The van der Waals surface area contributed by atoms with Gasteiger partial charge in [-0.1, -0.05) is 97.1 Å². The summed E-state index contributed by atoms with van der Waals surface area (Å²) in [7, 11) is 5.20. The zero-order valence-electron chi connectivity index (χ0n) is 27.0. The van der Waals surface area contributed by atoms with E-state index in [1.165, 1.54) is 70.2 Å². The standard InChI is InChI=1S/C45H32O3/c1-46-28-19-22-37(38(23-28)27-11-5-4-6-12-27)45-43-35-15-9-7-13-31(35)39-24-29(47-2)17-20-33(39)41(43)26-42-34-21-18-30(48-3)25-40(34)32-14-8-10-16-36(32)44(42)45/h4-26H,1-3H3. The summed E-state index contributed by atoms with van der Waals surface area (Å²) in [5.41, 5.74) is 4.64. The van der Waals surface area contributed by atoms with Gasteiger partial charge in [-0.3, -0.25) is 0 Å². The van der Waals surface area contributed by atoms with Crippen LogP contribution in [0.25, 0.3) is 86.9 Å². The molecule has 0 amide bonds. The number of hydrogen-bond acceptors (Lipinski definition) is 3. The van der Waals surface area contributed by atoms with Crippen molar-refractivity contribution in [2.45, 2.75) is 0 Å². The summed E-state index contributed by atoms with van der Waals surface area (Å²) in [4.78, 5) is 0. The van der Waals surface area contributed by atoms with Crippen LogP contribution >= 0.6 is 0 Å². The van der Waals surface area contributed by atoms with Gasteiger partial charge in [0, 0.05) is 0 Å². The molecule has 9 rings (SSSR count). The highest BCUT2D eigenvalue weighted by atomic mass is 16.5. The molecule has 0 fully saturated rings. The third-order valence-electron chi connectivity index (χ3n) is 9.92. The van der Waals surface area contributed by atoms with E-state index < -0.39 is 0 Å². The lowest BCUT2D eigenvalue weighted by Crippen LogP contribution is -1.95. The zero-order valence-corrected chi connectivity index (χ0v) is 27.0. The summed E-state index contributed by atoms with van der Waals surface area (Å²) in [6.45, 7) is 0. The second kappa shape index (κ2) is 11.0. The highest BCUT2D eigenvalue weighted by Gasteiger charge is 2.23. The Morgan fingerprint density at radius 3 is 1.27 bits per heavy atom. The van der Waals surface area contributed by atoms with Gasteiger partial charge in [-0.05, 0) is 129 Å². The molecule has 48 heavy (non-hydrogen) atoms. The van der Waals surface area contributed by atoms with Crippen molar-refractivity contribution in [2.24, 2.45) is 0 Å². The first kappa shape index (κ1) is 28.2. The molecule has 0 radical (unpaired) electrons. The zero-order chi connectivity index (χ0) is 32.4. The van der Waals surface area contributed by atoms with Gasteiger partial charge in [0.15, 0.2) is 0 Å². The van der Waals surface area contributed by atoms with Crippen LogP contribution in [0.3, 0.4) is 0 Å². The third kappa shape index (κ3) is 4.14. The van der Waals surface area contributed by atoms with Crippen molar-refractivity contribution in [3.8, 4) is 39.5 Å². The maximum Gasteiger partial charge on any atom is 0.119 e. The van der Waals surface area contributed by atoms with E-state index in [1.54, 1.807) is 21.3 Å². The van der Waals surface area contributed by atoms with Crippen molar-refractivity contribution in [1.29, 1.82) is 0 Å². The molecule has 0 aliphatic carbocycles. The minimum absolute atomic E-state index is 0.826. The fraction of sp³-hybridized carbons (Fsp3) is 0.0667. The number of methoxy groups -OCH3 is 3. The van der Waals surface area contributed by atoms with Gasteiger partial charge in [-0.15, -0.1) is 0 Å². The molecule has 0 saturated carbocycles. The maximum atomic E-state index is 5.82. The molecule has 9 aromatic rings. The molecule has 0 bridgehead atoms. The Kier molecular flexibility index (Phi) is 6.48. The Hall–Kier alpha value is -6.06. The molecule has 9 aromatic carbocycles. The van der Waals surface area contributed by atoms with Crippen LogP contribution in [-0.2, 0) is 0 Å². The van der Waals surface area contributed by atoms with Gasteiger partial charge >= 0.3 is 0 Å². The van der Waals surface area contributed by atoms with E-state index in [2.05, 4.69) is 140 Å². The molecule has 0 aliphatic heterocycles. The van der Waals surface area contributed by atoms with Crippen LogP contribution in [0.5, 0.6) is 17.2 Å². The quantitative estimate of drug-likeness (QED) is 0.142. The second-order valence-corrected chi connectivity index (χ2v) is 12.3. The number of fused-ring (bicyclic) bond motifs is 12. The molecular formula is C45H32O3. The molecule has 230 valence electrons. The van der Waals surface area contributed by atoms with Gasteiger partial charge < -0.3 is 14.2 Å². The number of hydrogen-bond donors (Lipinski definition) is 0. The molecule has 0 atom stereocenters. The van der Waals surface area contributed by atoms with Crippen LogP contribution in [0.15, 0.2) is 140 Å². The monoisotopic (exact) mass is 620 g/mol. The maximum absolute atomic E-state index is 5.82. The van der Waals surface area contributed by atoms with E-state index in [-0.39, 0.29) is 0 Å². The first-order valence-electron chi connectivity index (χ1n) is 16.2. The molecule has 0 unspecified atom stereocenters. The number of benzene rings is 9. The Labute approximate surface area is 278 Å². The molecule has 0 aromatic heterocycles.